The van der Waals surface area contributed by atoms with Gasteiger partial charge in [-0.25, -0.2) is 0 Å². The number of carbonyl (C=O) groups is 3. The third-order valence-electron chi connectivity index (χ3n) is 6.89. The van der Waals surface area contributed by atoms with Crippen molar-refractivity contribution in [2.75, 3.05) is 10.6 Å². The minimum atomic E-state index is -1.67. The minimum Gasteiger partial charge on any atom is -0.389 e. The number of rotatable bonds is 5. The lowest BCUT2D eigenvalue weighted by Crippen LogP contribution is -2.56. The van der Waals surface area contributed by atoms with Crippen LogP contribution in [0.3, 0.4) is 0 Å². The first-order chi connectivity index (χ1) is 17.1. The van der Waals surface area contributed by atoms with Crippen molar-refractivity contribution in [2.45, 2.75) is 38.7 Å². The maximum atomic E-state index is 13.7. The van der Waals surface area contributed by atoms with E-state index in [0.29, 0.717) is 22.0 Å². The molecule has 186 valence electrons. The molecule has 3 aromatic carbocycles. The van der Waals surface area contributed by atoms with Gasteiger partial charge in [0, 0.05) is 28.7 Å². The van der Waals surface area contributed by atoms with Crippen molar-refractivity contribution in [3.63, 3.8) is 0 Å². The highest BCUT2D eigenvalue weighted by atomic mass is 35.5. The summed E-state index contributed by atoms with van der Waals surface area (Å²) in [5.74, 6) is -4.58. The highest BCUT2D eigenvalue weighted by Crippen LogP contribution is 2.47. The Balaban J connectivity index is 1.78. The van der Waals surface area contributed by atoms with Gasteiger partial charge in [-0.05, 0) is 61.7 Å². The molecular formula is C29H29ClN2O4. The number of Topliss-reactive ketones (excluding diaryl/α,β-unsaturated/α-hetero) is 1. The molecule has 0 heterocycles. The summed E-state index contributed by atoms with van der Waals surface area (Å²) in [6.45, 7) is 5.21. The van der Waals surface area contributed by atoms with Gasteiger partial charge >= 0.3 is 0 Å². The average Bonchev–Trinajstić information content (AvgIpc) is 2.81. The Labute approximate surface area is 215 Å². The van der Waals surface area contributed by atoms with E-state index in [-0.39, 0.29) is 6.42 Å². The van der Waals surface area contributed by atoms with Crippen LogP contribution in [0.15, 0.2) is 72.8 Å². The second-order valence-electron chi connectivity index (χ2n) is 9.64. The van der Waals surface area contributed by atoms with E-state index >= 15 is 0 Å². The summed E-state index contributed by atoms with van der Waals surface area (Å²) in [4.78, 5) is 40.7. The zero-order valence-electron chi connectivity index (χ0n) is 20.4. The van der Waals surface area contributed by atoms with Gasteiger partial charge in [-0.1, -0.05) is 60.1 Å². The van der Waals surface area contributed by atoms with Crippen LogP contribution < -0.4 is 10.6 Å². The number of benzene rings is 3. The highest BCUT2D eigenvalue weighted by Gasteiger charge is 2.55. The molecule has 6 nitrogen and oxygen atoms in total. The smallest absolute Gasteiger partial charge is 0.235 e. The van der Waals surface area contributed by atoms with Gasteiger partial charge in [0.15, 0.2) is 0 Å². The van der Waals surface area contributed by atoms with Crippen molar-refractivity contribution in [2.24, 2.45) is 11.8 Å². The van der Waals surface area contributed by atoms with Crippen molar-refractivity contribution in [3.05, 3.63) is 94.5 Å². The molecule has 0 unspecified atom stereocenters. The Bertz CT molecular complexity index is 1300. The number of para-hydroxylation sites is 2. The Morgan fingerprint density at radius 2 is 1.36 bits per heavy atom. The van der Waals surface area contributed by atoms with Crippen LogP contribution in [0.1, 0.15) is 36.0 Å². The predicted octanol–water partition coefficient (Wildman–Crippen LogP) is 5.27. The Morgan fingerprint density at radius 3 is 1.89 bits per heavy atom. The summed E-state index contributed by atoms with van der Waals surface area (Å²) in [7, 11) is 0. The van der Waals surface area contributed by atoms with Crippen molar-refractivity contribution in [1.29, 1.82) is 0 Å². The molecular weight excluding hydrogens is 476 g/mol. The zero-order valence-corrected chi connectivity index (χ0v) is 21.2. The number of nitrogens with one attached hydrogen (secondary N) is 2. The quantitative estimate of drug-likeness (QED) is 0.412. The fraction of sp³-hybridized carbons (Fsp3) is 0.276. The van der Waals surface area contributed by atoms with Gasteiger partial charge in [0.1, 0.15) is 11.7 Å². The molecule has 1 saturated carbocycles. The van der Waals surface area contributed by atoms with Gasteiger partial charge in [-0.15, -0.1) is 0 Å². The van der Waals surface area contributed by atoms with Gasteiger partial charge in [0.25, 0.3) is 0 Å². The van der Waals surface area contributed by atoms with E-state index in [1.54, 1.807) is 48.5 Å². The van der Waals surface area contributed by atoms with E-state index in [0.717, 1.165) is 11.1 Å². The molecule has 1 aliphatic rings. The van der Waals surface area contributed by atoms with E-state index in [2.05, 4.69) is 10.6 Å². The monoisotopic (exact) mass is 504 g/mol. The molecule has 4 rings (SSSR count). The lowest BCUT2D eigenvalue weighted by molar-refractivity contribution is -0.150. The average molecular weight is 505 g/mol. The summed E-state index contributed by atoms with van der Waals surface area (Å²) in [5.41, 5.74) is 1.79. The van der Waals surface area contributed by atoms with E-state index < -0.39 is 41.0 Å². The summed E-state index contributed by atoms with van der Waals surface area (Å²) in [6.07, 6.45) is -0.325. The molecule has 0 bridgehead atoms. The van der Waals surface area contributed by atoms with Gasteiger partial charge < -0.3 is 15.7 Å². The fourth-order valence-corrected chi connectivity index (χ4v) is 5.15. The van der Waals surface area contributed by atoms with E-state index in [1.807, 2.05) is 38.1 Å². The Morgan fingerprint density at radius 1 is 0.861 bits per heavy atom. The van der Waals surface area contributed by atoms with Crippen LogP contribution >= 0.6 is 11.6 Å². The molecule has 3 aromatic rings. The minimum absolute atomic E-state index is 0.325. The van der Waals surface area contributed by atoms with Crippen LogP contribution in [0.25, 0.3) is 0 Å². The molecule has 7 heteroatoms. The SMILES string of the molecule is Cc1ccccc1NC(=O)[C@@H]1C(=O)C[C@](C)(O)[C@@H](C(=O)Nc2ccccc2C)[C@H]1c1ccc(Cl)cc1. The fourth-order valence-electron chi connectivity index (χ4n) is 5.02. The molecule has 0 saturated heterocycles. The Hall–Kier alpha value is -3.48. The first-order valence-corrected chi connectivity index (χ1v) is 12.2. The number of aryl methyl sites for hydroxylation is 2. The van der Waals surface area contributed by atoms with Crippen LogP contribution in [-0.2, 0) is 14.4 Å². The molecule has 36 heavy (non-hydrogen) atoms. The summed E-state index contributed by atoms with van der Waals surface area (Å²) >= 11 is 6.11. The number of ketones is 1. The van der Waals surface area contributed by atoms with Crippen molar-refractivity contribution in [3.8, 4) is 0 Å². The van der Waals surface area contributed by atoms with E-state index in [9.17, 15) is 19.5 Å². The standard InChI is InChI=1S/C29H29ClN2O4/c1-17-8-4-6-10-21(17)31-27(34)25-23(33)16-29(3,36)26(24(25)19-12-14-20(30)15-13-19)28(35)32-22-11-7-5-9-18(22)2/h4-15,24-26,36H,16H2,1-3H3,(H,31,34)(H,32,35)/t24-,25+,26+,29-/m0/s1. The molecule has 4 atom stereocenters. The molecule has 0 aliphatic heterocycles. The topological polar surface area (TPSA) is 95.5 Å². The normalized spacial score (nSPS) is 23.7. The molecule has 3 N–H and O–H groups in total. The lowest BCUT2D eigenvalue weighted by Gasteiger charge is -2.44. The molecule has 0 spiro atoms. The van der Waals surface area contributed by atoms with Crippen LogP contribution in [0.5, 0.6) is 0 Å². The first kappa shape index (κ1) is 25.6. The Kier molecular flexibility index (Phi) is 7.29. The van der Waals surface area contributed by atoms with Gasteiger partial charge in [0.05, 0.1) is 11.5 Å². The number of aliphatic hydroxyl groups is 1. The van der Waals surface area contributed by atoms with Crippen LogP contribution in [0, 0.1) is 25.7 Å². The zero-order chi connectivity index (χ0) is 26.0. The number of carbonyl (C=O) groups excluding carboxylic acids is 3. The maximum absolute atomic E-state index is 13.7. The third-order valence-corrected chi connectivity index (χ3v) is 7.14. The van der Waals surface area contributed by atoms with Crippen LogP contribution in [0.2, 0.25) is 5.02 Å². The van der Waals surface area contributed by atoms with Crippen LogP contribution in [-0.4, -0.2) is 28.3 Å². The summed E-state index contributed by atoms with van der Waals surface area (Å²) in [5, 5.41) is 17.7. The number of anilines is 2. The number of hydrogen-bond acceptors (Lipinski definition) is 4. The molecule has 1 fully saturated rings. The predicted molar refractivity (Wildman–Crippen MR) is 141 cm³/mol. The summed E-state index contributed by atoms with van der Waals surface area (Å²) < 4.78 is 0. The van der Waals surface area contributed by atoms with Crippen LogP contribution in [0.4, 0.5) is 11.4 Å². The molecule has 1 aliphatic carbocycles. The molecule has 0 radical (unpaired) electrons. The van der Waals surface area contributed by atoms with Gasteiger partial charge in [-0.3, -0.25) is 14.4 Å². The second-order valence-corrected chi connectivity index (χ2v) is 10.1. The molecule has 2 amide bonds. The van der Waals surface area contributed by atoms with E-state index in [4.69, 9.17) is 11.6 Å². The highest BCUT2D eigenvalue weighted by molar-refractivity contribution is 6.30. The van der Waals surface area contributed by atoms with Crippen molar-refractivity contribution < 1.29 is 19.5 Å². The largest absolute Gasteiger partial charge is 0.389 e. The number of amides is 2. The van der Waals surface area contributed by atoms with Crippen molar-refractivity contribution in [1.82, 2.24) is 0 Å². The number of hydrogen-bond donors (Lipinski definition) is 3. The summed E-state index contributed by atoms with van der Waals surface area (Å²) in [6, 6.07) is 21.3. The third kappa shape index (κ3) is 5.20. The second kappa shape index (κ2) is 10.2. The first-order valence-electron chi connectivity index (χ1n) is 11.8. The lowest BCUT2D eigenvalue weighted by atomic mass is 9.61. The van der Waals surface area contributed by atoms with Crippen molar-refractivity contribution >= 4 is 40.6 Å². The number of halogens is 1. The molecule has 0 aromatic heterocycles. The van der Waals surface area contributed by atoms with Gasteiger partial charge in [0.2, 0.25) is 11.8 Å². The van der Waals surface area contributed by atoms with E-state index in [1.165, 1.54) is 6.92 Å². The van der Waals surface area contributed by atoms with Gasteiger partial charge in [-0.2, -0.15) is 0 Å². The maximum Gasteiger partial charge on any atom is 0.235 e.